The van der Waals surface area contributed by atoms with Gasteiger partial charge in [-0.3, -0.25) is 4.98 Å². The molecule has 0 aromatic carbocycles. The average molecular weight is 268 g/mol. The van der Waals surface area contributed by atoms with Crippen molar-refractivity contribution >= 4 is 0 Å². The number of rotatable bonds is 8. The van der Waals surface area contributed by atoms with Crippen molar-refractivity contribution < 1.29 is 14.2 Å². The molecule has 1 rings (SSSR count). The van der Waals surface area contributed by atoms with Gasteiger partial charge in [-0.05, 0) is 13.8 Å². The Kier molecular flexibility index (Phi) is 6.77. The number of nitrogens with zero attached hydrogens (tertiary/aromatic N) is 1. The lowest BCUT2D eigenvalue weighted by Gasteiger charge is -2.16. The summed E-state index contributed by atoms with van der Waals surface area (Å²) < 4.78 is 15.7. The first-order valence-corrected chi connectivity index (χ1v) is 6.41. The van der Waals surface area contributed by atoms with E-state index in [-0.39, 0.29) is 6.04 Å². The Morgan fingerprint density at radius 1 is 1.26 bits per heavy atom. The van der Waals surface area contributed by atoms with Crippen molar-refractivity contribution in [3.8, 4) is 5.75 Å². The summed E-state index contributed by atoms with van der Waals surface area (Å²) in [5, 5.41) is 0. The molecule has 1 atom stereocenters. The fourth-order valence-electron chi connectivity index (χ4n) is 1.96. The Labute approximate surface area is 115 Å². The maximum atomic E-state index is 6.04. The van der Waals surface area contributed by atoms with E-state index in [0.717, 1.165) is 22.6 Å². The van der Waals surface area contributed by atoms with Crippen LogP contribution in [0.15, 0.2) is 6.20 Å². The maximum Gasteiger partial charge on any atom is 0.128 e. The van der Waals surface area contributed by atoms with Crippen LogP contribution in [0.2, 0.25) is 0 Å². The van der Waals surface area contributed by atoms with E-state index in [2.05, 4.69) is 4.98 Å². The van der Waals surface area contributed by atoms with Crippen molar-refractivity contribution in [3.63, 3.8) is 0 Å². The highest BCUT2D eigenvalue weighted by molar-refractivity contribution is 5.41. The molecule has 0 aliphatic rings. The normalized spacial score (nSPS) is 12.5. The molecule has 19 heavy (non-hydrogen) atoms. The molecule has 2 N–H and O–H groups in total. The molecule has 108 valence electrons. The summed E-state index contributed by atoms with van der Waals surface area (Å²) in [7, 11) is 3.32. The van der Waals surface area contributed by atoms with E-state index in [4.69, 9.17) is 19.9 Å². The lowest BCUT2D eigenvalue weighted by atomic mass is 10.1. The Hall–Kier alpha value is -1.17. The second kappa shape index (κ2) is 8.09. The van der Waals surface area contributed by atoms with E-state index in [1.54, 1.807) is 14.2 Å². The highest BCUT2D eigenvalue weighted by Gasteiger charge is 2.12. The minimum absolute atomic E-state index is 0.0736. The van der Waals surface area contributed by atoms with Crippen LogP contribution in [0.3, 0.4) is 0 Å². The summed E-state index contributed by atoms with van der Waals surface area (Å²) in [5.74, 6) is 0.887. The number of pyridine rings is 1. The van der Waals surface area contributed by atoms with Gasteiger partial charge in [-0.2, -0.15) is 0 Å². The van der Waals surface area contributed by atoms with E-state index in [1.807, 2.05) is 20.0 Å². The first-order chi connectivity index (χ1) is 9.10. The Morgan fingerprint density at radius 3 is 2.63 bits per heavy atom. The average Bonchev–Trinajstić information content (AvgIpc) is 2.39. The predicted molar refractivity (Wildman–Crippen MR) is 74.6 cm³/mol. The Bertz CT molecular complexity index is 397. The molecular formula is C14H24N2O3. The quantitative estimate of drug-likeness (QED) is 0.719. The van der Waals surface area contributed by atoms with Crippen LogP contribution in [0.1, 0.15) is 16.8 Å². The number of aromatic nitrogens is 1. The van der Waals surface area contributed by atoms with Crippen molar-refractivity contribution in [3.05, 3.63) is 23.0 Å². The van der Waals surface area contributed by atoms with Gasteiger partial charge in [0.1, 0.15) is 5.75 Å². The lowest BCUT2D eigenvalue weighted by Crippen LogP contribution is -2.30. The van der Waals surface area contributed by atoms with Gasteiger partial charge >= 0.3 is 0 Å². The molecule has 0 aliphatic carbocycles. The third-order valence-corrected chi connectivity index (χ3v) is 2.97. The number of nitrogens with two attached hydrogens (primary N) is 1. The van der Waals surface area contributed by atoms with Gasteiger partial charge in [0, 0.05) is 42.6 Å². The van der Waals surface area contributed by atoms with Crippen LogP contribution >= 0.6 is 0 Å². The summed E-state index contributed by atoms with van der Waals surface area (Å²) in [4.78, 5) is 4.43. The zero-order chi connectivity index (χ0) is 14.3. The fourth-order valence-corrected chi connectivity index (χ4v) is 1.96. The van der Waals surface area contributed by atoms with E-state index >= 15 is 0 Å². The van der Waals surface area contributed by atoms with E-state index < -0.39 is 0 Å². The van der Waals surface area contributed by atoms with Gasteiger partial charge in [0.15, 0.2) is 0 Å². The number of aryl methyl sites for hydroxylation is 1. The van der Waals surface area contributed by atoms with Crippen LogP contribution in [0.5, 0.6) is 5.75 Å². The molecule has 1 aromatic heterocycles. The molecule has 1 unspecified atom stereocenters. The van der Waals surface area contributed by atoms with Gasteiger partial charge in [-0.25, -0.2) is 0 Å². The van der Waals surface area contributed by atoms with Gasteiger partial charge < -0.3 is 19.9 Å². The van der Waals surface area contributed by atoms with E-state index in [9.17, 15) is 0 Å². The van der Waals surface area contributed by atoms with Crippen molar-refractivity contribution in [2.24, 2.45) is 5.73 Å². The summed E-state index contributed by atoms with van der Waals surface area (Å²) in [6, 6.07) is -0.0736. The number of methoxy groups -OCH3 is 2. The molecule has 1 aromatic rings. The molecule has 5 heteroatoms. The second-order valence-electron chi connectivity index (χ2n) is 4.58. The topological polar surface area (TPSA) is 66.6 Å². The SMILES string of the molecule is COCCOCC(N)Cc1ncc(C)c(OC)c1C. The van der Waals surface area contributed by atoms with Crippen molar-refractivity contribution in [1.82, 2.24) is 4.98 Å². The minimum atomic E-state index is -0.0736. The Morgan fingerprint density at radius 2 is 2.00 bits per heavy atom. The number of hydrogen-bond acceptors (Lipinski definition) is 5. The van der Waals surface area contributed by atoms with Crippen LogP contribution in [-0.2, 0) is 15.9 Å². The fraction of sp³-hybridized carbons (Fsp3) is 0.643. The van der Waals surface area contributed by atoms with Crippen LogP contribution in [0.4, 0.5) is 0 Å². The molecule has 0 spiro atoms. The lowest BCUT2D eigenvalue weighted by molar-refractivity contribution is 0.0636. The van der Waals surface area contributed by atoms with Crippen LogP contribution < -0.4 is 10.5 Å². The highest BCUT2D eigenvalue weighted by Crippen LogP contribution is 2.24. The molecule has 5 nitrogen and oxygen atoms in total. The summed E-state index contributed by atoms with van der Waals surface area (Å²) >= 11 is 0. The summed E-state index contributed by atoms with van der Waals surface area (Å²) in [5.41, 5.74) is 9.09. The molecule has 0 bridgehead atoms. The second-order valence-corrected chi connectivity index (χ2v) is 4.58. The molecule has 0 saturated heterocycles. The Balaban J connectivity index is 2.57. The smallest absolute Gasteiger partial charge is 0.128 e. The van der Waals surface area contributed by atoms with Gasteiger partial charge in [0.25, 0.3) is 0 Å². The third kappa shape index (κ3) is 4.78. The zero-order valence-corrected chi connectivity index (χ0v) is 12.2. The predicted octanol–water partition coefficient (Wildman–Crippen LogP) is 1.24. The van der Waals surface area contributed by atoms with Crippen molar-refractivity contribution in [2.75, 3.05) is 34.0 Å². The third-order valence-electron chi connectivity index (χ3n) is 2.97. The maximum absolute atomic E-state index is 6.04. The van der Waals surface area contributed by atoms with Gasteiger partial charge in [-0.15, -0.1) is 0 Å². The summed E-state index contributed by atoms with van der Waals surface area (Å²) in [6.45, 7) is 5.64. The number of hydrogen-bond donors (Lipinski definition) is 1. The molecular weight excluding hydrogens is 244 g/mol. The van der Waals surface area contributed by atoms with Crippen LogP contribution in [-0.4, -0.2) is 45.1 Å². The first kappa shape index (κ1) is 15.9. The minimum Gasteiger partial charge on any atom is -0.496 e. The largest absolute Gasteiger partial charge is 0.496 e. The molecule has 0 fully saturated rings. The highest BCUT2D eigenvalue weighted by atomic mass is 16.5. The molecule has 0 saturated carbocycles. The molecule has 0 radical (unpaired) electrons. The van der Waals surface area contributed by atoms with Gasteiger partial charge in [0.05, 0.1) is 26.9 Å². The molecule has 0 aliphatic heterocycles. The number of ether oxygens (including phenoxy) is 3. The van der Waals surface area contributed by atoms with Gasteiger partial charge in [0.2, 0.25) is 0 Å². The standard InChI is InChI=1S/C14H24N2O3/c1-10-8-16-13(11(2)14(10)18-4)7-12(15)9-19-6-5-17-3/h8,12H,5-7,9,15H2,1-4H3. The van der Waals surface area contributed by atoms with Gasteiger partial charge in [-0.1, -0.05) is 0 Å². The first-order valence-electron chi connectivity index (χ1n) is 6.41. The van der Waals surface area contributed by atoms with Crippen LogP contribution in [0, 0.1) is 13.8 Å². The summed E-state index contributed by atoms with van der Waals surface area (Å²) in [6.07, 6.45) is 2.50. The van der Waals surface area contributed by atoms with E-state index in [1.165, 1.54) is 0 Å². The van der Waals surface area contributed by atoms with E-state index in [0.29, 0.717) is 26.2 Å². The monoisotopic (exact) mass is 268 g/mol. The molecule has 1 heterocycles. The van der Waals surface area contributed by atoms with Crippen molar-refractivity contribution in [2.45, 2.75) is 26.3 Å². The zero-order valence-electron chi connectivity index (χ0n) is 12.2. The molecule has 0 amide bonds. The van der Waals surface area contributed by atoms with Crippen LogP contribution in [0.25, 0.3) is 0 Å². The van der Waals surface area contributed by atoms with Crippen molar-refractivity contribution in [1.29, 1.82) is 0 Å².